The molecule has 0 saturated heterocycles. The highest BCUT2D eigenvalue weighted by Crippen LogP contribution is 2.13. The summed E-state index contributed by atoms with van der Waals surface area (Å²) in [5.74, 6) is 0.744. The molecule has 0 spiro atoms. The molecule has 0 aliphatic heterocycles. The van der Waals surface area contributed by atoms with E-state index in [1.807, 2.05) is 13.8 Å². The first-order valence-electron chi connectivity index (χ1n) is 6.02. The molecular formula is C12H16N4O2S. The summed E-state index contributed by atoms with van der Waals surface area (Å²) in [6, 6.07) is 6.60. The number of benzene rings is 1. The number of hydrogen-bond donors (Lipinski definition) is 2. The summed E-state index contributed by atoms with van der Waals surface area (Å²) in [4.78, 5) is 4.27. The van der Waals surface area contributed by atoms with Gasteiger partial charge in [-0.25, -0.2) is 13.1 Å². The molecule has 0 fully saturated rings. The van der Waals surface area contributed by atoms with Gasteiger partial charge >= 0.3 is 0 Å². The van der Waals surface area contributed by atoms with Crippen LogP contribution in [0.3, 0.4) is 0 Å². The van der Waals surface area contributed by atoms with Gasteiger partial charge in [-0.15, -0.1) is 5.10 Å². The fraction of sp³-hybridized carbons (Fsp3) is 0.333. The second-order valence-electron chi connectivity index (χ2n) is 4.27. The van der Waals surface area contributed by atoms with E-state index in [1.165, 1.54) is 0 Å². The van der Waals surface area contributed by atoms with Crippen molar-refractivity contribution in [3.8, 4) is 0 Å². The first-order valence-corrected chi connectivity index (χ1v) is 7.50. The zero-order valence-corrected chi connectivity index (χ0v) is 11.7. The zero-order chi connectivity index (χ0) is 13.9. The molecule has 1 heterocycles. The third-order valence-electron chi connectivity index (χ3n) is 2.58. The number of aromatic amines is 1. The van der Waals surface area contributed by atoms with Crippen LogP contribution in [0.15, 0.2) is 29.2 Å². The average molecular weight is 280 g/mol. The predicted molar refractivity (Wildman–Crippen MR) is 72.4 cm³/mol. The number of aromatic nitrogens is 3. The molecule has 2 N–H and O–H groups in total. The van der Waals surface area contributed by atoms with E-state index < -0.39 is 10.0 Å². The lowest BCUT2D eigenvalue weighted by molar-refractivity contribution is 0.601. The molecule has 6 nitrogen and oxygen atoms in total. The lowest BCUT2D eigenvalue weighted by atomic mass is 10.2. The summed E-state index contributed by atoms with van der Waals surface area (Å²) >= 11 is 0. The first kappa shape index (κ1) is 13.5. The van der Waals surface area contributed by atoms with Gasteiger partial charge in [-0.2, -0.15) is 4.98 Å². The summed E-state index contributed by atoms with van der Waals surface area (Å²) in [7, 11) is -3.63. The standard InChI is InChI=1S/C12H16N4O2S/c1-3-4-11-13-12(15-14-11)16-19(17,18)10-7-5-9(2)6-8-10/h5-8H,3-4H2,1-2H3,(H2,13,14,15,16). The second kappa shape index (κ2) is 5.40. The van der Waals surface area contributed by atoms with Crippen LogP contribution >= 0.6 is 0 Å². The number of H-pyrrole nitrogens is 1. The molecule has 2 aromatic rings. The van der Waals surface area contributed by atoms with E-state index in [1.54, 1.807) is 24.3 Å². The van der Waals surface area contributed by atoms with Gasteiger partial charge in [0.2, 0.25) is 0 Å². The Kier molecular flexibility index (Phi) is 3.84. The fourth-order valence-electron chi connectivity index (χ4n) is 1.59. The maximum absolute atomic E-state index is 12.1. The minimum atomic E-state index is -3.63. The molecule has 0 radical (unpaired) electrons. The van der Waals surface area contributed by atoms with Gasteiger partial charge in [0, 0.05) is 6.42 Å². The topological polar surface area (TPSA) is 87.7 Å². The van der Waals surface area contributed by atoms with Crippen LogP contribution < -0.4 is 4.72 Å². The maximum atomic E-state index is 12.1. The Morgan fingerprint density at radius 1 is 1.26 bits per heavy atom. The minimum Gasteiger partial charge on any atom is -0.261 e. The molecular weight excluding hydrogens is 264 g/mol. The van der Waals surface area contributed by atoms with Crippen LogP contribution in [0.5, 0.6) is 0 Å². The Balaban J connectivity index is 2.18. The lowest BCUT2D eigenvalue weighted by Gasteiger charge is -2.04. The van der Waals surface area contributed by atoms with E-state index >= 15 is 0 Å². The number of nitrogens with one attached hydrogen (secondary N) is 2. The Morgan fingerprint density at radius 2 is 1.95 bits per heavy atom. The van der Waals surface area contributed by atoms with Crippen molar-refractivity contribution in [1.82, 2.24) is 15.2 Å². The summed E-state index contributed by atoms with van der Waals surface area (Å²) in [5.41, 5.74) is 1.00. The van der Waals surface area contributed by atoms with Gasteiger partial charge in [0.05, 0.1) is 4.90 Å². The number of sulfonamides is 1. The molecule has 19 heavy (non-hydrogen) atoms. The first-order chi connectivity index (χ1) is 9.01. The summed E-state index contributed by atoms with van der Waals surface area (Å²) in [6.45, 7) is 3.91. The largest absolute Gasteiger partial charge is 0.264 e. The lowest BCUT2D eigenvalue weighted by Crippen LogP contribution is -2.14. The molecule has 7 heteroatoms. The van der Waals surface area contributed by atoms with Crippen molar-refractivity contribution in [3.05, 3.63) is 35.7 Å². The fourth-order valence-corrected chi connectivity index (χ4v) is 2.53. The smallest absolute Gasteiger partial charge is 0.261 e. The number of aryl methyl sites for hydroxylation is 2. The highest BCUT2D eigenvalue weighted by molar-refractivity contribution is 7.92. The van der Waals surface area contributed by atoms with Gasteiger partial charge in [0.1, 0.15) is 5.82 Å². The Hall–Kier alpha value is -1.89. The summed E-state index contributed by atoms with van der Waals surface area (Å²) in [6.07, 6.45) is 1.65. The normalized spacial score (nSPS) is 11.5. The zero-order valence-electron chi connectivity index (χ0n) is 10.8. The molecule has 0 aliphatic rings. The molecule has 0 amide bonds. The molecule has 0 atom stereocenters. The van der Waals surface area contributed by atoms with E-state index in [9.17, 15) is 8.42 Å². The summed E-state index contributed by atoms with van der Waals surface area (Å²) < 4.78 is 26.5. The third kappa shape index (κ3) is 3.31. The second-order valence-corrected chi connectivity index (χ2v) is 5.96. The van der Waals surface area contributed by atoms with Crippen molar-refractivity contribution in [2.45, 2.75) is 31.6 Å². The van der Waals surface area contributed by atoms with Gasteiger partial charge in [0.25, 0.3) is 16.0 Å². The van der Waals surface area contributed by atoms with Crippen LogP contribution in [0.4, 0.5) is 5.95 Å². The van der Waals surface area contributed by atoms with E-state index in [0.29, 0.717) is 5.82 Å². The molecule has 0 saturated carbocycles. The number of hydrogen-bond acceptors (Lipinski definition) is 4. The summed E-state index contributed by atoms with van der Waals surface area (Å²) in [5, 5.41) is 6.54. The third-order valence-corrected chi connectivity index (χ3v) is 3.92. The molecule has 0 unspecified atom stereocenters. The van der Waals surface area contributed by atoms with Crippen LogP contribution in [0.2, 0.25) is 0 Å². The number of rotatable bonds is 5. The van der Waals surface area contributed by atoms with Crippen LogP contribution in [0.1, 0.15) is 24.7 Å². The van der Waals surface area contributed by atoms with Gasteiger partial charge < -0.3 is 0 Å². The highest BCUT2D eigenvalue weighted by Gasteiger charge is 2.16. The Morgan fingerprint density at radius 3 is 2.58 bits per heavy atom. The van der Waals surface area contributed by atoms with E-state index in [-0.39, 0.29) is 10.8 Å². The van der Waals surface area contributed by atoms with Crippen molar-refractivity contribution < 1.29 is 8.42 Å². The van der Waals surface area contributed by atoms with Crippen molar-refractivity contribution in [3.63, 3.8) is 0 Å². The van der Waals surface area contributed by atoms with Gasteiger partial charge in [-0.1, -0.05) is 24.6 Å². The van der Waals surface area contributed by atoms with Crippen LogP contribution in [-0.2, 0) is 16.4 Å². The van der Waals surface area contributed by atoms with Crippen molar-refractivity contribution in [2.75, 3.05) is 4.72 Å². The molecule has 1 aromatic heterocycles. The van der Waals surface area contributed by atoms with E-state index in [0.717, 1.165) is 18.4 Å². The SMILES string of the molecule is CCCc1nc(NS(=O)(=O)c2ccc(C)cc2)n[nH]1. The van der Waals surface area contributed by atoms with Gasteiger partial charge in [-0.05, 0) is 25.5 Å². The molecule has 1 aromatic carbocycles. The van der Waals surface area contributed by atoms with Crippen molar-refractivity contribution in [1.29, 1.82) is 0 Å². The van der Waals surface area contributed by atoms with Gasteiger partial charge in [-0.3, -0.25) is 5.10 Å². The Bertz CT molecular complexity index is 647. The molecule has 0 aliphatic carbocycles. The molecule has 0 bridgehead atoms. The predicted octanol–water partition coefficient (Wildman–Crippen LogP) is 1.87. The maximum Gasteiger partial charge on any atom is 0.264 e. The minimum absolute atomic E-state index is 0.0732. The Labute approximate surface area is 112 Å². The van der Waals surface area contributed by atoms with Crippen LogP contribution in [0.25, 0.3) is 0 Å². The highest BCUT2D eigenvalue weighted by atomic mass is 32.2. The van der Waals surface area contributed by atoms with Crippen LogP contribution in [0, 0.1) is 6.92 Å². The number of anilines is 1. The molecule has 102 valence electrons. The number of nitrogens with zero attached hydrogens (tertiary/aromatic N) is 2. The molecule has 2 rings (SSSR count). The van der Waals surface area contributed by atoms with E-state index in [2.05, 4.69) is 19.9 Å². The van der Waals surface area contributed by atoms with Crippen molar-refractivity contribution >= 4 is 16.0 Å². The van der Waals surface area contributed by atoms with Gasteiger partial charge in [0.15, 0.2) is 0 Å². The monoisotopic (exact) mass is 280 g/mol. The van der Waals surface area contributed by atoms with Crippen LogP contribution in [-0.4, -0.2) is 23.6 Å². The average Bonchev–Trinajstić information content (AvgIpc) is 2.77. The quantitative estimate of drug-likeness (QED) is 0.875. The van der Waals surface area contributed by atoms with E-state index in [4.69, 9.17) is 0 Å². The van der Waals surface area contributed by atoms with Crippen molar-refractivity contribution in [2.24, 2.45) is 0 Å².